The van der Waals surface area contributed by atoms with Crippen molar-refractivity contribution in [2.45, 2.75) is 18.4 Å². The predicted octanol–water partition coefficient (Wildman–Crippen LogP) is 3.23. The molecule has 0 aliphatic carbocycles. The van der Waals surface area contributed by atoms with Gasteiger partial charge in [0.2, 0.25) is 0 Å². The lowest BCUT2D eigenvalue weighted by molar-refractivity contribution is 0.101. The number of anilines is 2. The number of fused-ring (bicyclic) bond motifs is 2. The Labute approximate surface area is 194 Å². The third-order valence-corrected chi connectivity index (χ3v) is 7.28. The molecule has 1 aliphatic heterocycles. The summed E-state index contributed by atoms with van der Waals surface area (Å²) in [6, 6.07) is 17.6. The Kier molecular flexibility index (Phi) is 5.02. The molecule has 0 bridgehead atoms. The van der Waals surface area contributed by atoms with Gasteiger partial charge in [0.1, 0.15) is 10.5 Å². The molecule has 1 aliphatic rings. The van der Waals surface area contributed by atoms with E-state index in [4.69, 9.17) is 0 Å². The molecule has 2 aromatic carbocycles. The van der Waals surface area contributed by atoms with Crippen LogP contribution >= 0.6 is 0 Å². The second kappa shape index (κ2) is 7.92. The summed E-state index contributed by atoms with van der Waals surface area (Å²) in [4.78, 5) is 43.4. The smallest absolute Gasteiger partial charge is 0.295 e. The van der Waals surface area contributed by atoms with Gasteiger partial charge in [0.15, 0.2) is 5.78 Å². The van der Waals surface area contributed by atoms with Gasteiger partial charge < -0.3 is 0 Å². The number of hydrogen-bond acceptors (Lipinski definition) is 6. The van der Waals surface area contributed by atoms with Crippen LogP contribution < -0.4 is 14.8 Å². The molecule has 0 atom stereocenters. The molecule has 0 N–H and O–H groups in total. The molecule has 0 saturated heterocycles. The number of hydrogen-bond donors (Lipinski definition) is 0. The minimum atomic E-state index is -4.22. The number of sulfonamides is 1. The number of para-hydroxylation sites is 1. The zero-order valence-electron chi connectivity index (χ0n) is 18.0. The predicted molar refractivity (Wildman–Crippen MR) is 126 cm³/mol. The summed E-state index contributed by atoms with van der Waals surface area (Å²) in [6.45, 7) is 1.28. The number of benzene rings is 2. The highest BCUT2D eigenvalue weighted by Crippen LogP contribution is 2.37. The van der Waals surface area contributed by atoms with Crippen molar-refractivity contribution in [1.29, 1.82) is 0 Å². The van der Waals surface area contributed by atoms with E-state index in [-0.39, 0.29) is 34.2 Å². The first-order chi connectivity index (χ1) is 16.3. The second-order valence-electron chi connectivity index (χ2n) is 7.72. The molecule has 3 heterocycles. The van der Waals surface area contributed by atoms with Crippen LogP contribution in [0.4, 0.5) is 16.2 Å². The van der Waals surface area contributed by atoms with Crippen LogP contribution in [0.5, 0.6) is 0 Å². The summed E-state index contributed by atoms with van der Waals surface area (Å²) in [5, 5.41) is 0. The van der Waals surface area contributed by atoms with E-state index in [1.807, 2.05) is 0 Å². The Morgan fingerprint density at radius 2 is 1.65 bits per heavy atom. The normalized spacial score (nSPS) is 14.8. The number of carbonyl (C=O) groups is 2. The maximum atomic E-state index is 13.6. The number of urea groups is 1. The van der Waals surface area contributed by atoms with Crippen molar-refractivity contribution in [3.8, 4) is 0 Å². The molecule has 2 amide bonds. The van der Waals surface area contributed by atoms with Crippen molar-refractivity contribution in [2.24, 2.45) is 0 Å². The van der Waals surface area contributed by atoms with Crippen molar-refractivity contribution in [3.05, 3.63) is 101 Å². The van der Waals surface area contributed by atoms with Gasteiger partial charge in [-0.1, -0.05) is 18.2 Å². The van der Waals surface area contributed by atoms with Crippen LogP contribution in [0.15, 0.2) is 88.7 Å². The fourth-order valence-electron chi connectivity index (χ4n) is 3.89. The third-order valence-electron chi connectivity index (χ3n) is 5.53. The summed E-state index contributed by atoms with van der Waals surface area (Å²) in [5.41, 5.74) is 1.09. The lowest BCUT2D eigenvalue weighted by atomic mass is 10.1. The summed E-state index contributed by atoms with van der Waals surface area (Å²) < 4.78 is 28.9. The zero-order chi connectivity index (χ0) is 24.0. The molecular formula is C24H18N4O5S. The van der Waals surface area contributed by atoms with Crippen LogP contribution in [0.2, 0.25) is 0 Å². The largest absolute Gasteiger partial charge is 0.343 e. The molecule has 34 heavy (non-hydrogen) atoms. The highest BCUT2D eigenvalue weighted by atomic mass is 32.2. The van der Waals surface area contributed by atoms with Crippen molar-refractivity contribution >= 4 is 38.9 Å². The first-order valence-electron chi connectivity index (χ1n) is 10.3. The lowest BCUT2D eigenvalue weighted by Crippen LogP contribution is -2.50. The van der Waals surface area contributed by atoms with Crippen LogP contribution in [0, 0.1) is 0 Å². The van der Waals surface area contributed by atoms with Crippen molar-refractivity contribution in [3.63, 3.8) is 0 Å². The van der Waals surface area contributed by atoms with E-state index in [2.05, 4.69) is 4.98 Å². The quantitative estimate of drug-likeness (QED) is 0.420. The average Bonchev–Trinajstić information content (AvgIpc) is 2.82. The third kappa shape index (κ3) is 3.44. The van der Waals surface area contributed by atoms with Gasteiger partial charge in [0.05, 0.1) is 23.6 Å². The maximum Gasteiger partial charge on any atom is 0.343 e. The number of nitrogens with zero attached hydrogens (tertiary/aromatic N) is 4. The molecule has 0 radical (unpaired) electrons. The zero-order valence-corrected chi connectivity index (χ0v) is 18.8. The number of pyridine rings is 1. The molecule has 0 saturated carbocycles. The van der Waals surface area contributed by atoms with Crippen LogP contribution in [-0.4, -0.2) is 29.6 Å². The van der Waals surface area contributed by atoms with Gasteiger partial charge in [-0.25, -0.2) is 18.2 Å². The molecule has 5 rings (SSSR count). The number of carbonyl (C=O) groups excluding carboxylic acids is 2. The molecule has 0 fully saturated rings. The molecule has 0 spiro atoms. The molecule has 0 unspecified atom stereocenters. The molecule has 2 aromatic heterocycles. The minimum Gasteiger partial charge on any atom is -0.295 e. The van der Waals surface area contributed by atoms with Gasteiger partial charge in [0.25, 0.3) is 15.6 Å². The van der Waals surface area contributed by atoms with Gasteiger partial charge in [-0.3, -0.25) is 18.9 Å². The molecule has 170 valence electrons. The standard InChI is InChI=1S/C24H18N4O5S/c1-16(29)17-9-11-19(12-10-17)28-24(31)27(20-6-2-3-7-21(20)34(28,32)33)15-18-14-23(30)26-13-5-4-8-22(26)25-18/h2-14H,15H2,1H3. The highest BCUT2D eigenvalue weighted by molar-refractivity contribution is 7.94. The monoisotopic (exact) mass is 474 g/mol. The Morgan fingerprint density at radius 3 is 2.38 bits per heavy atom. The molecule has 4 aromatic rings. The van der Waals surface area contributed by atoms with Crippen molar-refractivity contribution < 1.29 is 18.0 Å². The summed E-state index contributed by atoms with van der Waals surface area (Å²) in [5.74, 6) is -0.181. The van der Waals surface area contributed by atoms with E-state index in [0.717, 1.165) is 0 Å². The van der Waals surface area contributed by atoms with E-state index in [0.29, 0.717) is 21.2 Å². The van der Waals surface area contributed by atoms with E-state index < -0.39 is 16.1 Å². The summed E-state index contributed by atoms with van der Waals surface area (Å²) >= 11 is 0. The maximum absolute atomic E-state index is 13.6. The van der Waals surface area contributed by atoms with Gasteiger partial charge in [-0.2, -0.15) is 4.31 Å². The van der Waals surface area contributed by atoms with Gasteiger partial charge in [-0.05, 0) is 55.5 Å². The van der Waals surface area contributed by atoms with Gasteiger partial charge in [-0.15, -0.1) is 0 Å². The SMILES string of the molecule is CC(=O)c1ccc(N2C(=O)N(Cc3cc(=O)n4ccccc4n3)c3ccccc3S2(=O)=O)cc1. The van der Waals surface area contributed by atoms with Crippen LogP contribution in [0.1, 0.15) is 23.0 Å². The minimum absolute atomic E-state index is 0.0530. The first-order valence-corrected chi connectivity index (χ1v) is 11.8. The fraction of sp³-hybridized carbons (Fsp3) is 0.0833. The molecule has 9 nitrogen and oxygen atoms in total. The second-order valence-corrected chi connectivity index (χ2v) is 9.48. The van der Waals surface area contributed by atoms with Crippen LogP contribution in [0.3, 0.4) is 0 Å². The van der Waals surface area contributed by atoms with Crippen LogP contribution in [0.25, 0.3) is 5.65 Å². The first kappa shape index (κ1) is 21.5. The Hall–Kier alpha value is -4.31. The fourth-order valence-corrected chi connectivity index (χ4v) is 5.48. The van der Waals surface area contributed by atoms with Crippen molar-refractivity contribution in [1.82, 2.24) is 9.38 Å². The van der Waals surface area contributed by atoms with E-state index in [1.54, 1.807) is 36.5 Å². The summed E-state index contributed by atoms with van der Waals surface area (Å²) in [6.07, 6.45) is 1.59. The highest BCUT2D eigenvalue weighted by Gasteiger charge is 2.42. The number of aromatic nitrogens is 2. The Morgan fingerprint density at radius 1 is 0.941 bits per heavy atom. The number of amides is 2. The Balaban J connectivity index is 1.63. The van der Waals surface area contributed by atoms with Crippen LogP contribution in [-0.2, 0) is 16.6 Å². The van der Waals surface area contributed by atoms with E-state index in [1.165, 1.54) is 58.7 Å². The van der Waals surface area contributed by atoms with E-state index >= 15 is 0 Å². The molecular weight excluding hydrogens is 456 g/mol. The summed E-state index contributed by atoms with van der Waals surface area (Å²) in [7, 11) is -4.22. The van der Waals surface area contributed by atoms with Crippen molar-refractivity contribution in [2.75, 3.05) is 9.21 Å². The molecule has 10 heteroatoms. The van der Waals surface area contributed by atoms with Gasteiger partial charge >= 0.3 is 6.03 Å². The van der Waals surface area contributed by atoms with Gasteiger partial charge in [0, 0.05) is 17.8 Å². The number of ketones is 1. The van der Waals surface area contributed by atoms with E-state index in [9.17, 15) is 22.8 Å². The average molecular weight is 474 g/mol. The topological polar surface area (TPSA) is 109 Å². The Bertz CT molecular complexity index is 1630. The number of Topliss-reactive ketones (excluding diaryl/α,β-unsaturated/α-hetero) is 1. The lowest BCUT2D eigenvalue weighted by Gasteiger charge is -2.36. The number of rotatable bonds is 4.